The van der Waals surface area contributed by atoms with Crippen molar-refractivity contribution in [1.82, 2.24) is 9.97 Å². The highest BCUT2D eigenvalue weighted by molar-refractivity contribution is 9.10. The smallest absolute Gasteiger partial charge is 0.257 e. The minimum absolute atomic E-state index is 0.181. The van der Waals surface area contributed by atoms with Crippen molar-refractivity contribution in [1.29, 1.82) is 0 Å². The van der Waals surface area contributed by atoms with Gasteiger partial charge in [-0.05, 0) is 22.0 Å². The second kappa shape index (κ2) is 3.12. The number of pyridine rings is 2. The van der Waals surface area contributed by atoms with Crippen molar-refractivity contribution in [2.45, 2.75) is 0 Å². The van der Waals surface area contributed by atoms with E-state index in [0.717, 1.165) is 0 Å². The van der Waals surface area contributed by atoms with Gasteiger partial charge < -0.3 is 4.98 Å². The molecule has 2 heterocycles. The van der Waals surface area contributed by atoms with Gasteiger partial charge in [0.15, 0.2) is 0 Å². The molecule has 1 N–H and O–H groups in total. The Balaban J connectivity index is 3.01. The highest BCUT2D eigenvalue weighted by Gasteiger charge is 2.03. The molecule has 0 aliphatic carbocycles. The Bertz CT molecular complexity index is 523. The normalized spacial score (nSPS) is 10.6. The lowest BCUT2D eigenvalue weighted by atomic mass is 10.2. The van der Waals surface area contributed by atoms with E-state index >= 15 is 0 Å². The molecule has 0 radical (unpaired) electrons. The zero-order chi connectivity index (χ0) is 9.42. The van der Waals surface area contributed by atoms with Crippen molar-refractivity contribution in [3.63, 3.8) is 0 Å². The van der Waals surface area contributed by atoms with Gasteiger partial charge in [0, 0.05) is 17.8 Å². The summed E-state index contributed by atoms with van der Waals surface area (Å²) in [6, 6.07) is 1.72. The lowest BCUT2D eigenvalue weighted by Crippen LogP contribution is -2.05. The Hall–Kier alpha value is -0.870. The number of rotatable bonds is 0. The van der Waals surface area contributed by atoms with Crippen molar-refractivity contribution < 1.29 is 0 Å². The largest absolute Gasteiger partial charge is 0.327 e. The third kappa shape index (κ3) is 1.47. The molecule has 0 fully saturated rings. The Kier molecular flexibility index (Phi) is 2.09. The first-order valence-corrected chi connectivity index (χ1v) is 4.68. The lowest BCUT2D eigenvalue weighted by molar-refractivity contribution is 1.24. The van der Waals surface area contributed by atoms with Gasteiger partial charge in [0.25, 0.3) is 5.56 Å². The Morgan fingerprint density at radius 3 is 3.00 bits per heavy atom. The van der Waals surface area contributed by atoms with Crippen molar-refractivity contribution in [2.24, 2.45) is 0 Å². The van der Waals surface area contributed by atoms with Gasteiger partial charge >= 0.3 is 0 Å². The highest BCUT2D eigenvalue weighted by Crippen LogP contribution is 2.21. The van der Waals surface area contributed by atoms with E-state index < -0.39 is 0 Å². The number of halogens is 2. The molecule has 0 aliphatic rings. The molecule has 0 aliphatic heterocycles. The van der Waals surface area contributed by atoms with Gasteiger partial charge in [0.1, 0.15) is 4.60 Å². The zero-order valence-electron chi connectivity index (χ0n) is 6.34. The van der Waals surface area contributed by atoms with Crippen LogP contribution in [0, 0.1) is 0 Å². The number of hydrogen-bond donors (Lipinski definition) is 1. The summed E-state index contributed by atoms with van der Waals surface area (Å²) in [6.07, 6.45) is 2.96. The standard InChI is InChI=1S/C8H4BrClN2O/c9-7-1-4-5(2-11-7)8(13)12-3-6(4)10/h1-3H,(H,12,13). The van der Waals surface area contributed by atoms with Gasteiger partial charge in [0.05, 0.1) is 10.4 Å². The van der Waals surface area contributed by atoms with Crippen molar-refractivity contribution in [3.05, 3.63) is 38.4 Å². The van der Waals surface area contributed by atoms with Crippen LogP contribution in [-0.2, 0) is 0 Å². The van der Waals surface area contributed by atoms with E-state index in [9.17, 15) is 4.79 Å². The van der Waals surface area contributed by atoms with E-state index in [4.69, 9.17) is 11.6 Å². The third-order valence-electron chi connectivity index (χ3n) is 1.70. The third-order valence-corrected chi connectivity index (χ3v) is 2.45. The lowest BCUT2D eigenvalue weighted by Gasteiger charge is -1.98. The molecule has 2 aromatic rings. The molecule has 0 spiro atoms. The Morgan fingerprint density at radius 1 is 1.46 bits per heavy atom. The topological polar surface area (TPSA) is 45.8 Å². The second-order valence-corrected chi connectivity index (χ2v) is 3.74. The van der Waals surface area contributed by atoms with E-state index in [1.54, 1.807) is 6.07 Å². The van der Waals surface area contributed by atoms with Crippen LogP contribution in [0.2, 0.25) is 5.02 Å². The first kappa shape index (κ1) is 8.72. The summed E-state index contributed by atoms with van der Waals surface area (Å²) >= 11 is 9.09. The summed E-state index contributed by atoms with van der Waals surface area (Å²) < 4.78 is 0.660. The molecular formula is C8H4BrClN2O. The second-order valence-electron chi connectivity index (χ2n) is 2.52. The van der Waals surface area contributed by atoms with Crippen LogP contribution in [0.3, 0.4) is 0 Å². The van der Waals surface area contributed by atoms with Gasteiger partial charge in [-0.25, -0.2) is 4.98 Å². The van der Waals surface area contributed by atoms with Crippen LogP contribution in [0.25, 0.3) is 10.8 Å². The molecule has 0 amide bonds. The average Bonchev–Trinajstić information content (AvgIpc) is 2.12. The van der Waals surface area contributed by atoms with E-state index in [-0.39, 0.29) is 5.56 Å². The van der Waals surface area contributed by atoms with Gasteiger partial charge in [-0.1, -0.05) is 11.6 Å². The monoisotopic (exact) mass is 258 g/mol. The SMILES string of the molecule is O=c1[nH]cc(Cl)c2cc(Br)ncc12. The maximum Gasteiger partial charge on any atom is 0.257 e. The first-order chi connectivity index (χ1) is 6.18. The minimum atomic E-state index is -0.181. The van der Waals surface area contributed by atoms with Crippen molar-refractivity contribution >= 4 is 38.3 Å². The van der Waals surface area contributed by atoms with Gasteiger partial charge in [-0.2, -0.15) is 0 Å². The molecule has 5 heteroatoms. The summed E-state index contributed by atoms with van der Waals surface area (Å²) in [7, 11) is 0. The zero-order valence-corrected chi connectivity index (χ0v) is 8.69. The molecule has 3 nitrogen and oxygen atoms in total. The fraction of sp³-hybridized carbons (Fsp3) is 0. The quantitative estimate of drug-likeness (QED) is 0.738. The summed E-state index contributed by atoms with van der Waals surface area (Å²) in [5, 5.41) is 1.71. The summed E-state index contributed by atoms with van der Waals surface area (Å²) in [5.41, 5.74) is -0.181. The van der Waals surface area contributed by atoms with Crippen molar-refractivity contribution in [3.8, 4) is 0 Å². The molecule has 2 rings (SSSR count). The van der Waals surface area contributed by atoms with Gasteiger partial charge in [0.2, 0.25) is 0 Å². The highest BCUT2D eigenvalue weighted by atomic mass is 79.9. The van der Waals surface area contributed by atoms with Crippen LogP contribution < -0.4 is 5.56 Å². The molecule has 0 saturated heterocycles. The molecule has 0 unspecified atom stereocenters. The average molecular weight is 259 g/mol. The van der Waals surface area contributed by atoms with Crippen molar-refractivity contribution in [2.75, 3.05) is 0 Å². The molecule has 0 saturated carbocycles. The number of aromatic nitrogens is 2. The first-order valence-electron chi connectivity index (χ1n) is 3.51. The number of fused-ring (bicyclic) bond motifs is 1. The van der Waals surface area contributed by atoms with Crippen LogP contribution in [-0.4, -0.2) is 9.97 Å². The van der Waals surface area contributed by atoms with E-state index in [1.165, 1.54) is 12.4 Å². The maximum atomic E-state index is 11.3. The number of nitrogens with zero attached hydrogens (tertiary/aromatic N) is 1. The number of aromatic amines is 1. The number of H-pyrrole nitrogens is 1. The fourth-order valence-electron chi connectivity index (χ4n) is 1.09. The maximum absolute atomic E-state index is 11.3. The molecule has 0 atom stereocenters. The molecule has 66 valence electrons. The molecule has 0 bridgehead atoms. The van der Waals surface area contributed by atoms with E-state index in [0.29, 0.717) is 20.4 Å². The van der Waals surface area contributed by atoms with Crippen LogP contribution in [0.1, 0.15) is 0 Å². The van der Waals surface area contributed by atoms with Crippen LogP contribution in [0.15, 0.2) is 27.9 Å². The molecule has 13 heavy (non-hydrogen) atoms. The van der Waals surface area contributed by atoms with E-state index in [2.05, 4.69) is 25.9 Å². The minimum Gasteiger partial charge on any atom is -0.327 e. The summed E-state index contributed by atoms with van der Waals surface area (Å²) in [6.45, 7) is 0. The van der Waals surface area contributed by atoms with E-state index in [1.807, 2.05) is 0 Å². The Morgan fingerprint density at radius 2 is 2.23 bits per heavy atom. The van der Waals surface area contributed by atoms with Gasteiger partial charge in [-0.3, -0.25) is 4.79 Å². The number of hydrogen-bond acceptors (Lipinski definition) is 2. The molecular weight excluding hydrogens is 255 g/mol. The Labute approximate surface area is 86.9 Å². The van der Waals surface area contributed by atoms with Crippen LogP contribution >= 0.6 is 27.5 Å². The predicted octanol–water partition coefficient (Wildman–Crippen LogP) is 2.34. The number of nitrogens with one attached hydrogen (secondary N) is 1. The summed E-state index contributed by atoms with van der Waals surface area (Å²) in [4.78, 5) is 17.7. The van der Waals surface area contributed by atoms with Gasteiger partial charge in [-0.15, -0.1) is 0 Å². The molecule has 0 aromatic carbocycles. The predicted molar refractivity (Wildman–Crippen MR) is 55.1 cm³/mol. The molecule has 2 aromatic heterocycles. The summed E-state index contributed by atoms with van der Waals surface area (Å²) in [5.74, 6) is 0. The van der Waals surface area contributed by atoms with Crippen LogP contribution in [0.4, 0.5) is 0 Å². The van der Waals surface area contributed by atoms with Crippen LogP contribution in [0.5, 0.6) is 0 Å². The fourth-order valence-corrected chi connectivity index (χ4v) is 1.64.